The highest BCUT2D eigenvalue weighted by Gasteiger charge is 2.41. The molecule has 0 amide bonds. The standard InChI is InChI=1S/C24H27N5OS/c1-2-27-13-5-7-21(27)23-22(20-6-3-4-12-25-20)26-24(31)29(23)19-10-8-18(9-11-19)28-14-16-30-17-15-28/h3-13,22-23H,2,14-17H2,1H3,(H,26,31)/t22-,23-/m1/s1. The molecule has 1 aromatic carbocycles. The summed E-state index contributed by atoms with van der Waals surface area (Å²) in [5, 5.41) is 4.27. The third-order valence-electron chi connectivity index (χ3n) is 6.11. The summed E-state index contributed by atoms with van der Waals surface area (Å²) >= 11 is 5.84. The number of pyridine rings is 1. The van der Waals surface area contributed by atoms with Gasteiger partial charge in [-0.05, 0) is 67.7 Å². The predicted octanol–water partition coefficient (Wildman–Crippen LogP) is 3.92. The lowest BCUT2D eigenvalue weighted by Crippen LogP contribution is -2.36. The second-order valence-corrected chi connectivity index (χ2v) is 8.22. The van der Waals surface area contributed by atoms with Crippen LogP contribution in [0.5, 0.6) is 0 Å². The molecule has 0 saturated carbocycles. The monoisotopic (exact) mass is 433 g/mol. The highest BCUT2D eigenvalue weighted by molar-refractivity contribution is 7.80. The minimum Gasteiger partial charge on any atom is -0.378 e. The Morgan fingerprint density at radius 3 is 2.52 bits per heavy atom. The quantitative estimate of drug-likeness (QED) is 0.616. The summed E-state index contributed by atoms with van der Waals surface area (Å²) in [6.45, 7) is 6.49. The van der Waals surface area contributed by atoms with E-state index in [1.54, 1.807) is 0 Å². The number of aromatic nitrogens is 2. The normalized spacial score (nSPS) is 21.4. The van der Waals surface area contributed by atoms with Crippen LogP contribution in [0.25, 0.3) is 0 Å². The van der Waals surface area contributed by atoms with Crippen molar-refractivity contribution < 1.29 is 4.74 Å². The minimum absolute atomic E-state index is 0.0200. The zero-order valence-electron chi connectivity index (χ0n) is 17.6. The number of hydrogen-bond donors (Lipinski definition) is 1. The smallest absolute Gasteiger partial charge is 0.174 e. The van der Waals surface area contributed by atoms with Crippen molar-refractivity contribution >= 4 is 28.7 Å². The number of aryl methyl sites for hydroxylation is 1. The SMILES string of the molecule is CCn1cccc1[C@@H]1[C@@H](c2ccccn2)NC(=S)N1c1ccc(N2CCOCC2)cc1. The van der Waals surface area contributed by atoms with Crippen LogP contribution >= 0.6 is 12.2 Å². The van der Waals surface area contributed by atoms with Gasteiger partial charge >= 0.3 is 0 Å². The highest BCUT2D eigenvalue weighted by atomic mass is 32.1. The van der Waals surface area contributed by atoms with Crippen molar-refractivity contribution in [1.29, 1.82) is 0 Å². The molecule has 2 saturated heterocycles. The summed E-state index contributed by atoms with van der Waals surface area (Å²) < 4.78 is 7.77. The first-order valence-electron chi connectivity index (χ1n) is 10.8. The van der Waals surface area contributed by atoms with Crippen molar-refractivity contribution in [2.45, 2.75) is 25.6 Å². The van der Waals surface area contributed by atoms with Gasteiger partial charge in [-0.25, -0.2) is 0 Å². The van der Waals surface area contributed by atoms with Gasteiger partial charge in [-0.15, -0.1) is 0 Å². The van der Waals surface area contributed by atoms with Crippen molar-refractivity contribution in [3.05, 3.63) is 78.4 Å². The molecule has 2 fully saturated rings. The molecule has 0 bridgehead atoms. The first kappa shape index (κ1) is 20.0. The van der Waals surface area contributed by atoms with Crippen LogP contribution in [-0.2, 0) is 11.3 Å². The van der Waals surface area contributed by atoms with Gasteiger partial charge in [0.25, 0.3) is 0 Å². The van der Waals surface area contributed by atoms with Crippen LogP contribution in [0.3, 0.4) is 0 Å². The van der Waals surface area contributed by atoms with E-state index in [9.17, 15) is 0 Å². The summed E-state index contributed by atoms with van der Waals surface area (Å²) in [6.07, 6.45) is 3.97. The molecule has 6 nitrogen and oxygen atoms in total. The average Bonchev–Trinajstić information content (AvgIpc) is 3.44. The Kier molecular flexibility index (Phi) is 5.61. The minimum atomic E-state index is -0.0205. The molecular formula is C24H27N5OS. The van der Waals surface area contributed by atoms with Gasteiger partial charge in [-0.3, -0.25) is 4.98 Å². The van der Waals surface area contributed by atoms with Gasteiger partial charge in [0.2, 0.25) is 0 Å². The lowest BCUT2D eigenvalue weighted by atomic mass is 10.0. The van der Waals surface area contributed by atoms with Crippen LogP contribution in [-0.4, -0.2) is 41.0 Å². The fourth-order valence-corrected chi connectivity index (χ4v) is 4.91. The zero-order valence-corrected chi connectivity index (χ0v) is 18.5. The van der Waals surface area contributed by atoms with Crippen molar-refractivity contribution in [2.24, 2.45) is 0 Å². The van der Waals surface area contributed by atoms with E-state index in [0.717, 1.165) is 49.3 Å². The molecule has 31 heavy (non-hydrogen) atoms. The zero-order chi connectivity index (χ0) is 21.2. The molecule has 3 aromatic rings. The van der Waals surface area contributed by atoms with E-state index in [2.05, 4.69) is 80.3 Å². The van der Waals surface area contributed by atoms with Gasteiger partial charge in [0.05, 0.1) is 24.9 Å². The summed E-state index contributed by atoms with van der Waals surface area (Å²) in [7, 11) is 0. The number of nitrogens with one attached hydrogen (secondary N) is 1. The maximum Gasteiger partial charge on any atom is 0.174 e. The first-order valence-corrected chi connectivity index (χ1v) is 11.3. The summed E-state index contributed by atoms with van der Waals surface area (Å²) in [6, 6.07) is 19.1. The molecule has 0 aliphatic carbocycles. The summed E-state index contributed by atoms with van der Waals surface area (Å²) in [4.78, 5) is 9.24. The van der Waals surface area contributed by atoms with E-state index in [1.165, 1.54) is 11.4 Å². The molecule has 1 N–H and O–H groups in total. The Morgan fingerprint density at radius 2 is 1.81 bits per heavy atom. The molecule has 0 spiro atoms. The van der Waals surface area contributed by atoms with E-state index >= 15 is 0 Å². The predicted molar refractivity (Wildman–Crippen MR) is 128 cm³/mol. The van der Waals surface area contributed by atoms with Crippen LogP contribution in [0.2, 0.25) is 0 Å². The topological polar surface area (TPSA) is 45.6 Å². The van der Waals surface area contributed by atoms with Crippen molar-refractivity contribution in [1.82, 2.24) is 14.9 Å². The molecule has 160 valence electrons. The maximum absolute atomic E-state index is 5.84. The van der Waals surface area contributed by atoms with Crippen molar-refractivity contribution in [3.63, 3.8) is 0 Å². The molecular weight excluding hydrogens is 406 g/mol. The molecule has 0 unspecified atom stereocenters. The molecule has 7 heteroatoms. The third-order valence-corrected chi connectivity index (χ3v) is 6.43. The Labute approximate surface area is 188 Å². The number of hydrogen-bond acceptors (Lipinski definition) is 4. The Bertz CT molecular complexity index is 1030. The van der Waals surface area contributed by atoms with E-state index in [-0.39, 0.29) is 12.1 Å². The molecule has 0 radical (unpaired) electrons. The van der Waals surface area contributed by atoms with E-state index < -0.39 is 0 Å². The Balaban J connectivity index is 1.52. The third kappa shape index (κ3) is 3.79. The van der Waals surface area contributed by atoms with Gasteiger partial charge in [-0.2, -0.15) is 0 Å². The molecule has 2 aliphatic heterocycles. The second-order valence-electron chi connectivity index (χ2n) is 7.83. The van der Waals surface area contributed by atoms with E-state index in [1.807, 2.05) is 18.3 Å². The van der Waals surface area contributed by atoms with E-state index in [0.29, 0.717) is 0 Å². The second kappa shape index (κ2) is 8.69. The molecule has 5 rings (SSSR count). The van der Waals surface area contributed by atoms with Crippen LogP contribution in [0.1, 0.15) is 30.4 Å². The summed E-state index contributed by atoms with van der Waals surface area (Å²) in [5.41, 5.74) is 4.52. The summed E-state index contributed by atoms with van der Waals surface area (Å²) in [5.74, 6) is 0. The number of rotatable bonds is 5. The van der Waals surface area contributed by atoms with Gasteiger partial charge in [0.15, 0.2) is 5.11 Å². The van der Waals surface area contributed by atoms with Crippen LogP contribution in [0, 0.1) is 0 Å². The highest BCUT2D eigenvalue weighted by Crippen LogP contribution is 2.41. The lowest BCUT2D eigenvalue weighted by molar-refractivity contribution is 0.122. The molecule has 2 aliphatic rings. The van der Waals surface area contributed by atoms with E-state index in [4.69, 9.17) is 17.0 Å². The van der Waals surface area contributed by atoms with Gasteiger partial charge in [0.1, 0.15) is 6.04 Å². The number of thiocarbonyl (C=S) groups is 1. The maximum atomic E-state index is 5.84. The Morgan fingerprint density at radius 1 is 1.03 bits per heavy atom. The van der Waals surface area contributed by atoms with Gasteiger partial charge in [-0.1, -0.05) is 6.07 Å². The average molecular weight is 434 g/mol. The van der Waals surface area contributed by atoms with Crippen LogP contribution in [0.15, 0.2) is 67.0 Å². The molecule has 4 heterocycles. The number of ether oxygens (including phenoxy) is 1. The van der Waals surface area contributed by atoms with Crippen LogP contribution in [0.4, 0.5) is 11.4 Å². The van der Waals surface area contributed by atoms with Gasteiger partial charge in [0, 0.05) is 49.1 Å². The Hall–Kier alpha value is -2.90. The fraction of sp³-hybridized carbons (Fsp3) is 0.333. The number of nitrogens with zero attached hydrogens (tertiary/aromatic N) is 4. The number of morpholine rings is 1. The van der Waals surface area contributed by atoms with Crippen molar-refractivity contribution in [3.8, 4) is 0 Å². The number of benzene rings is 1. The first-order chi connectivity index (χ1) is 15.3. The largest absolute Gasteiger partial charge is 0.378 e. The van der Waals surface area contributed by atoms with Crippen molar-refractivity contribution in [2.75, 3.05) is 36.1 Å². The lowest BCUT2D eigenvalue weighted by Gasteiger charge is -2.31. The molecule has 2 aromatic heterocycles. The molecule has 2 atom stereocenters. The van der Waals surface area contributed by atoms with Gasteiger partial charge < -0.3 is 24.4 Å². The number of anilines is 2. The van der Waals surface area contributed by atoms with Crippen LogP contribution < -0.4 is 15.1 Å². The fourth-order valence-electron chi connectivity index (χ4n) is 4.56.